The van der Waals surface area contributed by atoms with Gasteiger partial charge in [0.25, 0.3) is 0 Å². The van der Waals surface area contributed by atoms with Crippen molar-refractivity contribution in [3.8, 4) is 0 Å². The molecule has 1 aliphatic carbocycles. The Bertz CT molecular complexity index is 207. The molecule has 0 bridgehead atoms. The van der Waals surface area contributed by atoms with Crippen molar-refractivity contribution in [3.63, 3.8) is 0 Å². The number of nitrogens with two attached hydrogens (primary N) is 1. The number of nitrogens with one attached hydrogen (secondary N) is 1. The van der Waals surface area contributed by atoms with Gasteiger partial charge in [-0.15, -0.1) is 0 Å². The minimum atomic E-state index is -0.140. The van der Waals surface area contributed by atoms with Gasteiger partial charge in [-0.2, -0.15) is 0 Å². The Morgan fingerprint density at radius 3 is 2.80 bits per heavy atom. The summed E-state index contributed by atoms with van der Waals surface area (Å²) < 4.78 is 5.03. The van der Waals surface area contributed by atoms with E-state index < -0.39 is 0 Å². The molecule has 1 amide bonds. The molecule has 0 aromatic rings. The number of carbonyl (C=O) groups excluding carboxylic acids is 1. The van der Waals surface area contributed by atoms with E-state index in [0.29, 0.717) is 19.2 Å². The summed E-state index contributed by atoms with van der Waals surface area (Å²) in [6.07, 6.45) is 2.55. The summed E-state index contributed by atoms with van der Waals surface area (Å²) in [5.74, 6) is 5.69. The van der Waals surface area contributed by atoms with Crippen LogP contribution in [0.3, 0.4) is 0 Å². The van der Waals surface area contributed by atoms with Crippen LogP contribution in [0.2, 0.25) is 0 Å². The van der Waals surface area contributed by atoms with Gasteiger partial charge < -0.3 is 4.74 Å². The molecule has 1 rings (SSSR count). The first kappa shape index (κ1) is 12.4. The van der Waals surface area contributed by atoms with E-state index in [1.54, 1.807) is 7.11 Å². The second kappa shape index (κ2) is 6.05. The maximum absolute atomic E-state index is 11.2. The lowest BCUT2D eigenvalue weighted by Crippen LogP contribution is -2.45. The highest BCUT2D eigenvalue weighted by Gasteiger charge is 2.32. The number of carbonyl (C=O) groups is 1. The molecule has 5 nitrogen and oxygen atoms in total. The zero-order valence-electron chi connectivity index (χ0n) is 9.53. The Balaban J connectivity index is 2.39. The van der Waals surface area contributed by atoms with Crippen LogP contribution in [0, 0.1) is 5.92 Å². The monoisotopic (exact) mass is 215 g/mol. The predicted octanol–water partition coefficient (Wildman–Crippen LogP) is -0.277. The van der Waals surface area contributed by atoms with Crippen LogP contribution in [0.25, 0.3) is 0 Å². The molecule has 15 heavy (non-hydrogen) atoms. The van der Waals surface area contributed by atoms with Crippen LogP contribution < -0.4 is 11.3 Å². The highest BCUT2D eigenvalue weighted by molar-refractivity contribution is 5.77. The van der Waals surface area contributed by atoms with Crippen LogP contribution in [0.4, 0.5) is 0 Å². The van der Waals surface area contributed by atoms with Crippen molar-refractivity contribution in [1.82, 2.24) is 10.3 Å². The number of rotatable bonds is 7. The number of hydrogen-bond donors (Lipinski definition) is 2. The van der Waals surface area contributed by atoms with Crippen LogP contribution >= 0.6 is 0 Å². The van der Waals surface area contributed by atoms with Crippen LogP contribution in [0.5, 0.6) is 0 Å². The summed E-state index contributed by atoms with van der Waals surface area (Å²) in [6.45, 7) is 3.95. The molecule has 1 aliphatic rings. The summed E-state index contributed by atoms with van der Waals surface area (Å²) in [5.41, 5.74) is 2.16. The number of hydrazine groups is 1. The topological polar surface area (TPSA) is 67.6 Å². The third kappa shape index (κ3) is 4.15. The second-order valence-corrected chi connectivity index (χ2v) is 4.11. The summed E-state index contributed by atoms with van der Waals surface area (Å²) in [4.78, 5) is 13.3. The van der Waals surface area contributed by atoms with Gasteiger partial charge in [-0.05, 0) is 25.7 Å². The molecule has 5 heteroatoms. The molecule has 0 aromatic heterocycles. The highest BCUT2D eigenvalue weighted by Crippen LogP contribution is 2.34. The van der Waals surface area contributed by atoms with Crippen molar-refractivity contribution in [2.45, 2.75) is 25.8 Å². The average molecular weight is 215 g/mol. The van der Waals surface area contributed by atoms with E-state index in [1.807, 2.05) is 0 Å². The molecular formula is C10H21N3O2. The Labute approximate surface area is 90.9 Å². The van der Waals surface area contributed by atoms with E-state index in [-0.39, 0.29) is 5.91 Å². The fourth-order valence-electron chi connectivity index (χ4n) is 1.74. The lowest BCUT2D eigenvalue weighted by atomic mass is 10.2. The molecular weight excluding hydrogens is 194 g/mol. The molecule has 1 unspecified atom stereocenters. The molecule has 1 fully saturated rings. The number of methoxy groups -OCH3 is 1. The molecule has 1 saturated carbocycles. The molecule has 0 heterocycles. The number of ether oxygens (including phenoxy) is 1. The number of amides is 1. The largest absolute Gasteiger partial charge is 0.383 e. The molecule has 0 saturated heterocycles. The Kier molecular flexibility index (Phi) is 5.01. The summed E-state index contributed by atoms with van der Waals surface area (Å²) in [5, 5.41) is 0. The first-order valence-corrected chi connectivity index (χ1v) is 5.41. The minimum Gasteiger partial charge on any atom is -0.383 e. The van der Waals surface area contributed by atoms with Crippen LogP contribution in [-0.2, 0) is 9.53 Å². The number of hydrogen-bond acceptors (Lipinski definition) is 4. The van der Waals surface area contributed by atoms with Crippen molar-refractivity contribution >= 4 is 5.91 Å². The Morgan fingerprint density at radius 1 is 1.67 bits per heavy atom. The van der Waals surface area contributed by atoms with Gasteiger partial charge in [0.05, 0.1) is 13.2 Å². The maximum atomic E-state index is 11.2. The second-order valence-electron chi connectivity index (χ2n) is 4.11. The maximum Gasteiger partial charge on any atom is 0.248 e. The SMILES string of the molecule is COCCN(CC(=O)NN)C(C)C1CC1. The summed E-state index contributed by atoms with van der Waals surface area (Å²) in [7, 11) is 1.67. The fraction of sp³-hybridized carbons (Fsp3) is 0.900. The van der Waals surface area contributed by atoms with Crippen LogP contribution in [0.15, 0.2) is 0 Å². The predicted molar refractivity (Wildman–Crippen MR) is 58.0 cm³/mol. The van der Waals surface area contributed by atoms with Gasteiger partial charge in [0.15, 0.2) is 0 Å². The molecule has 0 spiro atoms. The zero-order valence-corrected chi connectivity index (χ0v) is 9.53. The molecule has 0 aromatic carbocycles. The average Bonchev–Trinajstić information content (AvgIpc) is 3.06. The van der Waals surface area contributed by atoms with E-state index in [1.165, 1.54) is 12.8 Å². The first-order chi connectivity index (χ1) is 7.19. The Morgan fingerprint density at radius 2 is 2.33 bits per heavy atom. The van der Waals surface area contributed by atoms with Gasteiger partial charge in [0, 0.05) is 19.7 Å². The van der Waals surface area contributed by atoms with Gasteiger partial charge in [0.2, 0.25) is 5.91 Å². The van der Waals surface area contributed by atoms with Gasteiger partial charge in [-0.25, -0.2) is 5.84 Å². The zero-order chi connectivity index (χ0) is 11.3. The van der Waals surface area contributed by atoms with Crippen LogP contribution in [-0.4, -0.2) is 43.7 Å². The summed E-state index contributed by atoms with van der Waals surface area (Å²) in [6, 6.07) is 0.442. The van der Waals surface area contributed by atoms with Gasteiger partial charge in [-0.3, -0.25) is 15.1 Å². The summed E-state index contributed by atoms with van der Waals surface area (Å²) >= 11 is 0. The third-order valence-electron chi connectivity index (χ3n) is 2.97. The van der Waals surface area contributed by atoms with Crippen molar-refractivity contribution < 1.29 is 9.53 Å². The van der Waals surface area contributed by atoms with E-state index in [0.717, 1.165) is 12.5 Å². The van der Waals surface area contributed by atoms with Crippen LogP contribution in [0.1, 0.15) is 19.8 Å². The van der Waals surface area contributed by atoms with E-state index >= 15 is 0 Å². The van der Waals surface area contributed by atoms with Crippen molar-refractivity contribution in [2.75, 3.05) is 26.8 Å². The standard InChI is InChI=1S/C10H21N3O2/c1-8(9-3-4-9)13(5-6-15-2)7-10(14)12-11/h8-9H,3-7,11H2,1-2H3,(H,12,14). The first-order valence-electron chi connectivity index (χ1n) is 5.41. The van der Waals surface area contributed by atoms with Crippen molar-refractivity contribution in [2.24, 2.45) is 11.8 Å². The van der Waals surface area contributed by atoms with Gasteiger partial charge in [-0.1, -0.05) is 0 Å². The minimum absolute atomic E-state index is 0.140. The van der Waals surface area contributed by atoms with E-state index in [4.69, 9.17) is 10.6 Å². The lowest BCUT2D eigenvalue weighted by molar-refractivity contribution is -0.123. The smallest absolute Gasteiger partial charge is 0.248 e. The fourth-order valence-corrected chi connectivity index (χ4v) is 1.74. The van der Waals surface area contributed by atoms with E-state index in [2.05, 4.69) is 17.2 Å². The molecule has 88 valence electrons. The highest BCUT2D eigenvalue weighted by atomic mass is 16.5. The lowest BCUT2D eigenvalue weighted by Gasteiger charge is -2.27. The van der Waals surface area contributed by atoms with Crippen molar-refractivity contribution in [1.29, 1.82) is 0 Å². The van der Waals surface area contributed by atoms with E-state index in [9.17, 15) is 4.79 Å². The third-order valence-corrected chi connectivity index (χ3v) is 2.97. The van der Waals surface area contributed by atoms with Crippen molar-refractivity contribution in [3.05, 3.63) is 0 Å². The van der Waals surface area contributed by atoms with Gasteiger partial charge in [0.1, 0.15) is 0 Å². The number of nitrogens with zero attached hydrogens (tertiary/aromatic N) is 1. The Hall–Kier alpha value is -0.650. The van der Waals surface area contributed by atoms with Gasteiger partial charge >= 0.3 is 0 Å². The molecule has 0 aliphatic heterocycles. The molecule has 3 N–H and O–H groups in total. The molecule has 0 radical (unpaired) electrons. The molecule has 1 atom stereocenters. The quantitative estimate of drug-likeness (QED) is 0.348. The normalized spacial score (nSPS) is 17.9.